The van der Waals surface area contributed by atoms with Crippen LogP contribution < -0.4 is 16.8 Å². The maximum absolute atomic E-state index is 11.1. The van der Waals surface area contributed by atoms with Crippen molar-refractivity contribution in [2.45, 2.75) is 39.2 Å². The molecule has 0 unspecified atom stereocenters. The fraction of sp³-hybridized carbons (Fsp3) is 0.526. The predicted molar refractivity (Wildman–Crippen MR) is 106 cm³/mol. The van der Waals surface area contributed by atoms with Crippen molar-refractivity contribution in [3.05, 3.63) is 23.8 Å². The van der Waals surface area contributed by atoms with E-state index < -0.39 is 5.97 Å². The highest BCUT2D eigenvalue weighted by atomic mass is 16.5. The van der Waals surface area contributed by atoms with Crippen molar-refractivity contribution >= 4 is 17.8 Å². The number of esters is 2. The molecule has 7 N–H and O–H groups in total. The van der Waals surface area contributed by atoms with E-state index in [2.05, 4.69) is 5.32 Å². The van der Waals surface area contributed by atoms with Gasteiger partial charge in [0.05, 0.1) is 19.2 Å². The van der Waals surface area contributed by atoms with Crippen molar-refractivity contribution in [2.75, 3.05) is 26.3 Å². The molecule has 1 rings (SSSR count). The van der Waals surface area contributed by atoms with Crippen LogP contribution in [-0.2, 0) is 30.3 Å². The Morgan fingerprint density at radius 2 is 1.72 bits per heavy atom. The highest BCUT2D eigenvalue weighted by Crippen LogP contribution is 2.24. The first-order valence-electron chi connectivity index (χ1n) is 9.16. The Labute approximate surface area is 170 Å². The molecule has 1 aromatic rings. The van der Waals surface area contributed by atoms with Gasteiger partial charge >= 0.3 is 11.9 Å². The smallest absolute Gasteiger partial charge is 0.302 e. The van der Waals surface area contributed by atoms with Crippen LogP contribution in [0.15, 0.2) is 18.2 Å². The summed E-state index contributed by atoms with van der Waals surface area (Å²) in [5.74, 6) is -1.26. The Hall–Kier alpha value is -2.85. The van der Waals surface area contributed by atoms with E-state index in [4.69, 9.17) is 31.2 Å². The summed E-state index contributed by atoms with van der Waals surface area (Å²) in [4.78, 5) is 32.4. The minimum atomic E-state index is -0.415. The number of carbonyl (C=O) groups excluding carboxylic acids is 3. The lowest BCUT2D eigenvalue weighted by molar-refractivity contribution is -0.142. The molecular formula is C19H31N3O7. The summed E-state index contributed by atoms with van der Waals surface area (Å²) in [6.45, 7) is 3.39. The van der Waals surface area contributed by atoms with Gasteiger partial charge in [-0.2, -0.15) is 0 Å². The van der Waals surface area contributed by atoms with Gasteiger partial charge < -0.3 is 36.5 Å². The molecule has 0 spiro atoms. The number of rotatable bonds is 10. The summed E-state index contributed by atoms with van der Waals surface area (Å²) in [7, 11) is 0. The molecule has 0 fully saturated rings. The van der Waals surface area contributed by atoms with Crippen LogP contribution in [0, 0.1) is 0 Å². The number of benzene rings is 1. The zero-order chi connectivity index (χ0) is 22.2. The SMILES string of the molecule is CC(=O)OCCC[C@@H](COC(C)=O)NC(=O)CN.NCCc1ccc(O)c(O)c1. The number of hydrogen-bond acceptors (Lipinski definition) is 9. The fourth-order valence-corrected chi connectivity index (χ4v) is 2.14. The molecule has 1 aromatic carbocycles. The third-order valence-corrected chi connectivity index (χ3v) is 3.51. The normalized spacial score (nSPS) is 10.9. The van der Waals surface area contributed by atoms with E-state index in [9.17, 15) is 14.4 Å². The summed E-state index contributed by atoms with van der Waals surface area (Å²) in [5, 5.41) is 20.6. The van der Waals surface area contributed by atoms with Crippen LogP contribution in [0.4, 0.5) is 0 Å². The Morgan fingerprint density at radius 3 is 2.24 bits per heavy atom. The van der Waals surface area contributed by atoms with Gasteiger partial charge in [0.25, 0.3) is 0 Å². The van der Waals surface area contributed by atoms with Crippen LogP contribution >= 0.6 is 0 Å². The summed E-state index contributed by atoms with van der Waals surface area (Å²) in [6.07, 6.45) is 1.82. The third kappa shape index (κ3) is 13.9. The second-order valence-corrected chi connectivity index (χ2v) is 6.12. The first kappa shape index (κ1) is 26.1. The number of ether oxygens (including phenoxy) is 2. The molecule has 0 aromatic heterocycles. The van der Waals surface area contributed by atoms with Crippen LogP contribution in [0.3, 0.4) is 0 Å². The van der Waals surface area contributed by atoms with E-state index in [1.54, 1.807) is 6.07 Å². The van der Waals surface area contributed by atoms with Gasteiger partial charge in [-0.15, -0.1) is 0 Å². The van der Waals surface area contributed by atoms with Crippen molar-refractivity contribution in [3.8, 4) is 11.5 Å². The van der Waals surface area contributed by atoms with Gasteiger partial charge in [-0.25, -0.2) is 0 Å². The summed E-state index contributed by atoms with van der Waals surface area (Å²) in [6, 6.07) is 4.39. The van der Waals surface area contributed by atoms with E-state index in [-0.39, 0.29) is 49.2 Å². The van der Waals surface area contributed by atoms with Crippen molar-refractivity contribution in [1.29, 1.82) is 0 Å². The van der Waals surface area contributed by atoms with Gasteiger partial charge in [-0.05, 0) is 43.5 Å². The quantitative estimate of drug-likeness (QED) is 0.200. The van der Waals surface area contributed by atoms with Crippen LogP contribution in [0.25, 0.3) is 0 Å². The molecule has 0 aliphatic carbocycles. The minimum absolute atomic E-state index is 0.0845. The van der Waals surface area contributed by atoms with E-state index in [1.165, 1.54) is 26.0 Å². The molecule has 0 heterocycles. The Morgan fingerprint density at radius 1 is 1.07 bits per heavy atom. The number of hydrogen-bond donors (Lipinski definition) is 5. The second kappa shape index (κ2) is 15.1. The van der Waals surface area contributed by atoms with Gasteiger partial charge in [-0.3, -0.25) is 14.4 Å². The first-order valence-corrected chi connectivity index (χ1v) is 9.16. The minimum Gasteiger partial charge on any atom is -0.504 e. The number of phenols is 2. The van der Waals surface area contributed by atoms with Crippen molar-refractivity contribution < 1.29 is 34.1 Å². The highest BCUT2D eigenvalue weighted by molar-refractivity contribution is 5.78. The Kier molecular flexibility index (Phi) is 13.6. The first-order chi connectivity index (χ1) is 13.7. The van der Waals surface area contributed by atoms with Gasteiger partial charge in [0.2, 0.25) is 5.91 Å². The van der Waals surface area contributed by atoms with Crippen LogP contribution in [0.2, 0.25) is 0 Å². The lowest BCUT2D eigenvalue weighted by atomic mass is 10.1. The number of carbonyl (C=O) groups is 3. The molecule has 0 aliphatic heterocycles. The molecular weight excluding hydrogens is 382 g/mol. The summed E-state index contributed by atoms with van der Waals surface area (Å²) >= 11 is 0. The van der Waals surface area contributed by atoms with E-state index in [0.717, 1.165) is 5.56 Å². The summed E-state index contributed by atoms with van der Waals surface area (Å²) in [5.41, 5.74) is 11.4. The van der Waals surface area contributed by atoms with Crippen molar-refractivity contribution in [2.24, 2.45) is 11.5 Å². The number of amides is 1. The number of nitrogens with two attached hydrogens (primary N) is 2. The number of phenolic OH excluding ortho intramolecular Hbond substituents is 2. The molecule has 10 heteroatoms. The highest BCUT2D eigenvalue weighted by Gasteiger charge is 2.13. The number of nitrogens with one attached hydrogen (secondary N) is 1. The van der Waals surface area contributed by atoms with Gasteiger partial charge in [-0.1, -0.05) is 6.07 Å². The van der Waals surface area contributed by atoms with Crippen LogP contribution in [-0.4, -0.2) is 60.4 Å². The standard InChI is InChI=1S/C11H20N2O5.C8H11NO2/c1-8(14)17-5-3-4-10(7-18-9(2)15)13-11(16)6-12;9-4-3-6-1-2-7(10)8(11)5-6/h10H,3-7,12H2,1-2H3,(H,13,16);1-2,5,10-11H,3-4,9H2/t10-;/m0./s1. The van der Waals surface area contributed by atoms with Crippen molar-refractivity contribution in [3.63, 3.8) is 0 Å². The Balaban J connectivity index is 0.000000604. The van der Waals surface area contributed by atoms with E-state index in [1.807, 2.05) is 0 Å². The maximum Gasteiger partial charge on any atom is 0.302 e. The maximum atomic E-state index is 11.1. The van der Waals surface area contributed by atoms with E-state index >= 15 is 0 Å². The van der Waals surface area contributed by atoms with E-state index in [0.29, 0.717) is 25.8 Å². The van der Waals surface area contributed by atoms with Gasteiger partial charge in [0.1, 0.15) is 6.61 Å². The fourth-order valence-electron chi connectivity index (χ4n) is 2.14. The third-order valence-electron chi connectivity index (χ3n) is 3.51. The summed E-state index contributed by atoms with van der Waals surface area (Å²) < 4.78 is 9.59. The second-order valence-electron chi connectivity index (χ2n) is 6.12. The zero-order valence-corrected chi connectivity index (χ0v) is 16.8. The molecule has 0 radical (unpaired) electrons. The van der Waals surface area contributed by atoms with Crippen LogP contribution in [0.5, 0.6) is 11.5 Å². The zero-order valence-electron chi connectivity index (χ0n) is 16.8. The molecule has 0 saturated carbocycles. The Bertz CT molecular complexity index is 653. The average molecular weight is 413 g/mol. The monoisotopic (exact) mass is 413 g/mol. The molecule has 1 atom stereocenters. The molecule has 29 heavy (non-hydrogen) atoms. The average Bonchev–Trinajstić information content (AvgIpc) is 2.66. The molecule has 0 bridgehead atoms. The lowest BCUT2D eigenvalue weighted by Gasteiger charge is -2.17. The molecule has 0 saturated heterocycles. The predicted octanol–water partition coefficient (Wildman–Crippen LogP) is -0.0647. The van der Waals surface area contributed by atoms with Crippen LogP contribution in [0.1, 0.15) is 32.3 Å². The molecule has 1 amide bonds. The molecule has 164 valence electrons. The van der Waals surface area contributed by atoms with Crippen molar-refractivity contribution in [1.82, 2.24) is 5.32 Å². The molecule has 0 aliphatic rings. The number of aromatic hydroxyl groups is 2. The van der Waals surface area contributed by atoms with Gasteiger partial charge in [0.15, 0.2) is 11.5 Å². The lowest BCUT2D eigenvalue weighted by Crippen LogP contribution is -2.41. The molecule has 10 nitrogen and oxygen atoms in total. The topological polar surface area (TPSA) is 174 Å². The van der Waals surface area contributed by atoms with Gasteiger partial charge in [0, 0.05) is 13.8 Å². The largest absolute Gasteiger partial charge is 0.504 e.